The van der Waals surface area contributed by atoms with Crippen LogP contribution in [0.4, 0.5) is 0 Å². The molecule has 11 heavy (non-hydrogen) atoms. The molecule has 0 radical (unpaired) electrons. The third-order valence-electron chi connectivity index (χ3n) is 2.44. The fourth-order valence-corrected chi connectivity index (χ4v) is 1.59. The van der Waals surface area contributed by atoms with E-state index >= 15 is 0 Å². The molecule has 1 aliphatic heterocycles. The molecule has 1 N–H and O–H groups in total. The van der Waals surface area contributed by atoms with Gasteiger partial charge >= 0.3 is 0 Å². The highest BCUT2D eigenvalue weighted by molar-refractivity contribution is 5.77. The topological polar surface area (TPSA) is 32.3 Å². The molecule has 1 aliphatic rings. The van der Waals surface area contributed by atoms with Crippen LogP contribution >= 0.6 is 0 Å². The molecule has 2 atom stereocenters. The molecule has 64 valence electrons. The highest BCUT2D eigenvalue weighted by atomic mass is 16.2. The molecule has 0 bridgehead atoms. The minimum absolute atomic E-state index is 0.252. The van der Waals surface area contributed by atoms with Gasteiger partial charge in [0.15, 0.2) is 0 Å². The number of hydrogen-bond acceptors (Lipinski definition) is 2. The fourth-order valence-electron chi connectivity index (χ4n) is 1.59. The molecule has 0 saturated carbocycles. The lowest BCUT2D eigenvalue weighted by Gasteiger charge is -2.34. The Hall–Kier alpha value is -0.570. The van der Waals surface area contributed by atoms with Crippen LogP contribution < -0.4 is 5.32 Å². The maximum Gasteiger partial charge on any atom is 0.223 e. The number of carbonyl (C=O) groups is 1. The third kappa shape index (κ3) is 1.71. The number of piperidine rings is 1. The third-order valence-corrected chi connectivity index (χ3v) is 2.44. The van der Waals surface area contributed by atoms with Crippen LogP contribution in [-0.4, -0.2) is 37.5 Å². The SMILES string of the molecule is CNC1CC(=O)N(C)CC1C. The molecule has 3 heteroatoms. The van der Waals surface area contributed by atoms with E-state index < -0.39 is 0 Å². The second-order valence-corrected chi connectivity index (χ2v) is 3.35. The average molecular weight is 156 g/mol. The molecule has 3 nitrogen and oxygen atoms in total. The molecular formula is C8H16N2O. The van der Waals surface area contributed by atoms with E-state index in [0.717, 1.165) is 6.54 Å². The fraction of sp³-hybridized carbons (Fsp3) is 0.875. The Bertz CT molecular complexity index is 158. The van der Waals surface area contributed by atoms with E-state index in [0.29, 0.717) is 18.4 Å². The Morgan fingerprint density at radius 3 is 2.82 bits per heavy atom. The summed E-state index contributed by atoms with van der Waals surface area (Å²) in [7, 11) is 3.78. The molecule has 1 heterocycles. The van der Waals surface area contributed by atoms with Crippen molar-refractivity contribution in [3.63, 3.8) is 0 Å². The molecule has 0 aromatic carbocycles. The monoisotopic (exact) mass is 156 g/mol. The zero-order chi connectivity index (χ0) is 8.43. The standard InChI is InChI=1S/C8H16N2O/c1-6-5-10(3)8(11)4-7(6)9-2/h6-7,9H,4-5H2,1-3H3. The average Bonchev–Trinajstić information content (AvgIpc) is 1.97. The molecule has 0 aromatic rings. The largest absolute Gasteiger partial charge is 0.345 e. The highest BCUT2D eigenvalue weighted by Gasteiger charge is 2.27. The van der Waals surface area contributed by atoms with E-state index in [1.54, 1.807) is 4.90 Å². The van der Waals surface area contributed by atoms with Crippen LogP contribution in [-0.2, 0) is 4.79 Å². The molecule has 1 rings (SSSR count). The summed E-state index contributed by atoms with van der Waals surface area (Å²) in [6, 6.07) is 0.374. The molecule has 1 saturated heterocycles. The van der Waals surface area contributed by atoms with Crippen molar-refractivity contribution < 1.29 is 4.79 Å². The molecular weight excluding hydrogens is 140 g/mol. The van der Waals surface area contributed by atoms with Gasteiger partial charge in [0, 0.05) is 26.1 Å². The summed E-state index contributed by atoms with van der Waals surface area (Å²) in [6.07, 6.45) is 0.647. The van der Waals surface area contributed by atoms with Crippen molar-refractivity contribution in [2.45, 2.75) is 19.4 Å². The van der Waals surface area contributed by atoms with E-state index in [1.165, 1.54) is 0 Å². The van der Waals surface area contributed by atoms with Crippen LogP contribution in [0, 0.1) is 5.92 Å². The van der Waals surface area contributed by atoms with Gasteiger partial charge in [-0.15, -0.1) is 0 Å². The summed E-state index contributed by atoms with van der Waals surface area (Å²) in [5.74, 6) is 0.824. The lowest BCUT2D eigenvalue weighted by Crippen LogP contribution is -2.48. The minimum Gasteiger partial charge on any atom is -0.345 e. The number of hydrogen-bond donors (Lipinski definition) is 1. The summed E-state index contributed by atoms with van der Waals surface area (Å²) in [6.45, 7) is 3.05. The van der Waals surface area contributed by atoms with Crippen molar-refractivity contribution in [1.82, 2.24) is 10.2 Å². The van der Waals surface area contributed by atoms with E-state index in [9.17, 15) is 4.79 Å². The first kappa shape index (κ1) is 8.53. The van der Waals surface area contributed by atoms with Crippen molar-refractivity contribution >= 4 is 5.91 Å². The zero-order valence-electron chi connectivity index (χ0n) is 7.42. The van der Waals surface area contributed by atoms with E-state index in [2.05, 4.69) is 12.2 Å². The van der Waals surface area contributed by atoms with Crippen molar-refractivity contribution in [2.24, 2.45) is 5.92 Å². The van der Waals surface area contributed by atoms with Crippen LogP contribution in [0.2, 0.25) is 0 Å². The van der Waals surface area contributed by atoms with Crippen LogP contribution in [0.5, 0.6) is 0 Å². The molecule has 0 spiro atoms. The van der Waals surface area contributed by atoms with E-state index in [-0.39, 0.29) is 5.91 Å². The Kier molecular flexibility index (Phi) is 2.49. The molecule has 1 amide bonds. The molecule has 0 aliphatic carbocycles. The van der Waals surface area contributed by atoms with Gasteiger partial charge in [0.05, 0.1) is 0 Å². The second kappa shape index (κ2) is 3.22. The van der Waals surface area contributed by atoms with Crippen LogP contribution in [0.3, 0.4) is 0 Å². The summed E-state index contributed by atoms with van der Waals surface area (Å²) in [5, 5.41) is 3.16. The maximum absolute atomic E-state index is 11.2. The summed E-state index contributed by atoms with van der Waals surface area (Å²) in [4.78, 5) is 13.0. The second-order valence-electron chi connectivity index (χ2n) is 3.35. The Labute approximate surface area is 67.8 Å². The van der Waals surface area contributed by atoms with Gasteiger partial charge in [-0.2, -0.15) is 0 Å². The predicted molar refractivity (Wildman–Crippen MR) is 44.3 cm³/mol. The lowest BCUT2D eigenvalue weighted by atomic mass is 9.94. The first-order valence-corrected chi connectivity index (χ1v) is 4.06. The number of carbonyl (C=O) groups excluding carboxylic acids is 1. The normalized spacial score (nSPS) is 32.6. The van der Waals surface area contributed by atoms with Gasteiger partial charge in [0.25, 0.3) is 0 Å². The summed E-state index contributed by atoms with van der Waals surface area (Å²) in [5.41, 5.74) is 0. The maximum atomic E-state index is 11.2. The van der Waals surface area contributed by atoms with Gasteiger partial charge in [-0.05, 0) is 13.0 Å². The molecule has 2 unspecified atom stereocenters. The van der Waals surface area contributed by atoms with E-state index in [1.807, 2.05) is 14.1 Å². The number of nitrogens with zero attached hydrogens (tertiary/aromatic N) is 1. The van der Waals surface area contributed by atoms with Crippen molar-refractivity contribution in [2.75, 3.05) is 20.6 Å². The van der Waals surface area contributed by atoms with Crippen LogP contribution in [0.15, 0.2) is 0 Å². The van der Waals surface area contributed by atoms with Crippen molar-refractivity contribution in [3.05, 3.63) is 0 Å². The van der Waals surface area contributed by atoms with Gasteiger partial charge in [0.2, 0.25) is 5.91 Å². The number of rotatable bonds is 1. The molecule has 1 fully saturated rings. The van der Waals surface area contributed by atoms with Crippen LogP contribution in [0.25, 0.3) is 0 Å². The quantitative estimate of drug-likeness (QED) is 0.583. The Balaban J connectivity index is 2.54. The van der Waals surface area contributed by atoms with Gasteiger partial charge < -0.3 is 10.2 Å². The smallest absolute Gasteiger partial charge is 0.223 e. The summed E-state index contributed by atoms with van der Waals surface area (Å²) >= 11 is 0. The van der Waals surface area contributed by atoms with Crippen molar-refractivity contribution in [3.8, 4) is 0 Å². The zero-order valence-corrected chi connectivity index (χ0v) is 7.42. The Morgan fingerprint density at radius 2 is 2.27 bits per heavy atom. The first-order chi connectivity index (χ1) is 5.15. The Morgan fingerprint density at radius 1 is 1.64 bits per heavy atom. The minimum atomic E-state index is 0.252. The van der Waals surface area contributed by atoms with Gasteiger partial charge in [-0.1, -0.05) is 6.92 Å². The van der Waals surface area contributed by atoms with E-state index in [4.69, 9.17) is 0 Å². The number of likely N-dealkylation sites (tertiary alicyclic amines) is 1. The first-order valence-electron chi connectivity index (χ1n) is 4.06. The van der Waals surface area contributed by atoms with Crippen molar-refractivity contribution in [1.29, 1.82) is 0 Å². The number of nitrogens with one attached hydrogen (secondary N) is 1. The summed E-state index contributed by atoms with van der Waals surface area (Å²) < 4.78 is 0. The van der Waals surface area contributed by atoms with Gasteiger partial charge in [0.1, 0.15) is 0 Å². The lowest BCUT2D eigenvalue weighted by molar-refractivity contribution is -0.134. The predicted octanol–water partition coefficient (Wildman–Crippen LogP) is 0.0726. The number of amides is 1. The van der Waals surface area contributed by atoms with Gasteiger partial charge in [-0.25, -0.2) is 0 Å². The van der Waals surface area contributed by atoms with Gasteiger partial charge in [-0.3, -0.25) is 4.79 Å². The van der Waals surface area contributed by atoms with Crippen LogP contribution in [0.1, 0.15) is 13.3 Å². The molecule has 0 aromatic heterocycles. The highest BCUT2D eigenvalue weighted by Crippen LogP contribution is 2.15.